The number of nitrogens with zero attached hydrogens (tertiary/aromatic N) is 1. The van der Waals surface area contributed by atoms with Crippen LogP contribution in [0.25, 0.3) is 10.9 Å². The minimum atomic E-state index is 0.422. The minimum Gasteiger partial charge on any atom is -0.376 e. The van der Waals surface area contributed by atoms with Gasteiger partial charge in [0.2, 0.25) is 0 Å². The van der Waals surface area contributed by atoms with Gasteiger partial charge in [0.1, 0.15) is 0 Å². The van der Waals surface area contributed by atoms with E-state index in [1.165, 1.54) is 22.2 Å². The van der Waals surface area contributed by atoms with E-state index in [0.717, 1.165) is 6.61 Å². The zero-order valence-electron chi connectivity index (χ0n) is 11.4. The average molecular weight is 246 g/mol. The molecule has 0 bridgehead atoms. The van der Waals surface area contributed by atoms with Crippen LogP contribution in [0.4, 0.5) is 0 Å². The molecule has 0 unspecified atom stereocenters. The molecule has 0 saturated carbocycles. The van der Waals surface area contributed by atoms with Crippen molar-refractivity contribution in [3.8, 4) is 0 Å². The molecule has 2 aromatic rings. The van der Waals surface area contributed by atoms with Gasteiger partial charge in [0.25, 0.3) is 0 Å². The van der Waals surface area contributed by atoms with E-state index >= 15 is 0 Å². The van der Waals surface area contributed by atoms with Gasteiger partial charge in [-0.05, 0) is 43.9 Å². The number of fused-ring (bicyclic) bond motifs is 1. The van der Waals surface area contributed by atoms with E-state index in [4.69, 9.17) is 10.5 Å². The lowest BCUT2D eigenvalue weighted by Crippen LogP contribution is -2.07. The van der Waals surface area contributed by atoms with Crippen LogP contribution < -0.4 is 5.73 Å². The van der Waals surface area contributed by atoms with Crippen LogP contribution in [-0.4, -0.2) is 11.2 Å². The van der Waals surface area contributed by atoms with Crippen molar-refractivity contribution in [3.63, 3.8) is 0 Å². The van der Waals surface area contributed by atoms with E-state index in [2.05, 4.69) is 42.7 Å². The van der Waals surface area contributed by atoms with Crippen molar-refractivity contribution in [1.29, 1.82) is 0 Å². The smallest absolute Gasteiger partial charge is 0.0868 e. The number of aromatic nitrogens is 1. The molecule has 0 aliphatic rings. The quantitative estimate of drug-likeness (QED) is 0.880. The summed E-state index contributed by atoms with van der Waals surface area (Å²) in [5.41, 5.74) is 9.38. The highest BCUT2D eigenvalue weighted by Crippen LogP contribution is 2.25. The molecule has 98 valence electrons. The van der Waals surface area contributed by atoms with Gasteiger partial charge in [-0.3, -0.25) is 0 Å². The number of hydrogen-bond acceptors (Lipinski definition) is 2. The molecule has 3 heteroatoms. The van der Waals surface area contributed by atoms with Gasteiger partial charge < -0.3 is 15.0 Å². The summed E-state index contributed by atoms with van der Waals surface area (Å²) in [6.07, 6.45) is 0. The highest BCUT2D eigenvalue weighted by Gasteiger charge is 2.11. The van der Waals surface area contributed by atoms with E-state index in [-0.39, 0.29) is 0 Å². The Morgan fingerprint density at radius 3 is 2.67 bits per heavy atom. The minimum absolute atomic E-state index is 0.422. The van der Waals surface area contributed by atoms with Gasteiger partial charge >= 0.3 is 0 Å². The molecule has 2 rings (SSSR count). The fourth-order valence-corrected chi connectivity index (χ4v) is 2.38. The van der Waals surface area contributed by atoms with Crippen molar-refractivity contribution in [2.24, 2.45) is 5.73 Å². The molecular weight excluding hydrogens is 224 g/mol. The van der Waals surface area contributed by atoms with Gasteiger partial charge in [-0.2, -0.15) is 0 Å². The summed E-state index contributed by atoms with van der Waals surface area (Å²) < 4.78 is 7.89. The fourth-order valence-electron chi connectivity index (χ4n) is 2.38. The van der Waals surface area contributed by atoms with Gasteiger partial charge in [0.05, 0.1) is 6.61 Å². The molecule has 0 aliphatic carbocycles. The summed E-state index contributed by atoms with van der Waals surface area (Å²) in [5, 5.41) is 1.26. The van der Waals surface area contributed by atoms with Crippen LogP contribution in [0.1, 0.15) is 38.1 Å². The fraction of sp³-hybridized carbons (Fsp3) is 0.467. The monoisotopic (exact) mass is 246 g/mol. The Labute approximate surface area is 109 Å². The molecule has 0 aliphatic heterocycles. The van der Waals surface area contributed by atoms with Crippen LogP contribution in [0.5, 0.6) is 0 Å². The molecule has 1 heterocycles. The third-order valence-electron chi connectivity index (χ3n) is 3.19. The largest absolute Gasteiger partial charge is 0.376 e. The molecule has 1 aromatic carbocycles. The Morgan fingerprint density at radius 1 is 1.28 bits per heavy atom. The first-order valence-electron chi connectivity index (χ1n) is 6.58. The Morgan fingerprint density at radius 2 is 2.06 bits per heavy atom. The number of benzene rings is 1. The van der Waals surface area contributed by atoms with Crippen molar-refractivity contribution in [1.82, 2.24) is 4.57 Å². The number of ether oxygens (including phenoxy) is 1. The molecule has 0 spiro atoms. The zero-order chi connectivity index (χ0) is 13.1. The van der Waals surface area contributed by atoms with Crippen molar-refractivity contribution in [3.05, 3.63) is 35.5 Å². The van der Waals surface area contributed by atoms with Crippen molar-refractivity contribution >= 4 is 10.9 Å². The van der Waals surface area contributed by atoms with E-state index in [0.29, 0.717) is 19.2 Å². The highest BCUT2D eigenvalue weighted by molar-refractivity contribution is 5.82. The molecule has 0 amide bonds. The normalized spacial score (nSPS) is 11.6. The zero-order valence-corrected chi connectivity index (χ0v) is 11.4. The molecule has 0 atom stereocenters. The van der Waals surface area contributed by atoms with Crippen molar-refractivity contribution in [2.75, 3.05) is 6.61 Å². The van der Waals surface area contributed by atoms with Gasteiger partial charge in [-0.1, -0.05) is 12.1 Å². The summed E-state index contributed by atoms with van der Waals surface area (Å²) in [4.78, 5) is 0. The lowest BCUT2D eigenvalue weighted by molar-refractivity contribution is 0.128. The molecular formula is C15H22N2O. The molecule has 0 fully saturated rings. The first-order valence-corrected chi connectivity index (χ1v) is 6.58. The summed E-state index contributed by atoms with van der Waals surface area (Å²) in [7, 11) is 0. The third kappa shape index (κ3) is 2.42. The van der Waals surface area contributed by atoms with Crippen LogP contribution in [0.2, 0.25) is 0 Å². The molecule has 3 nitrogen and oxygen atoms in total. The Hall–Kier alpha value is -1.32. The SMILES string of the molecule is CCOCc1cc2ccc(CN)cc2n1C(C)C. The Kier molecular flexibility index (Phi) is 4.04. The van der Waals surface area contributed by atoms with E-state index in [1.807, 2.05) is 6.92 Å². The number of nitrogens with two attached hydrogens (primary N) is 1. The lowest BCUT2D eigenvalue weighted by Gasteiger charge is -2.15. The molecule has 2 N–H and O–H groups in total. The van der Waals surface area contributed by atoms with E-state index in [1.54, 1.807) is 0 Å². The van der Waals surface area contributed by atoms with Crippen LogP contribution in [0, 0.1) is 0 Å². The van der Waals surface area contributed by atoms with Crippen LogP contribution in [-0.2, 0) is 17.9 Å². The topological polar surface area (TPSA) is 40.2 Å². The first kappa shape index (κ1) is 13.1. The van der Waals surface area contributed by atoms with E-state index in [9.17, 15) is 0 Å². The third-order valence-corrected chi connectivity index (χ3v) is 3.19. The van der Waals surface area contributed by atoms with E-state index < -0.39 is 0 Å². The predicted molar refractivity (Wildman–Crippen MR) is 75.5 cm³/mol. The maximum Gasteiger partial charge on any atom is 0.0868 e. The highest BCUT2D eigenvalue weighted by atomic mass is 16.5. The maximum absolute atomic E-state index is 5.72. The summed E-state index contributed by atoms with van der Waals surface area (Å²) in [6, 6.07) is 9.06. The standard InChI is InChI=1S/C15H22N2O/c1-4-18-10-14-8-13-6-5-12(9-16)7-15(13)17(14)11(2)3/h5-8,11H,4,9-10,16H2,1-3H3. The van der Waals surface area contributed by atoms with Crippen LogP contribution in [0.3, 0.4) is 0 Å². The summed E-state index contributed by atoms with van der Waals surface area (Å²) in [6.45, 7) is 8.41. The maximum atomic E-state index is 5.72. The average Bonchev–Trinajstić information content (AvgIpc) is 2.73. The Balaban J connectivity index is 2.53. The van der Waals surface area contributed by atoms with Gasteiger partial charge in [-0.25, -0.2) is 0 Å². The number of rotatable bonds is 5. The van der Waals surface area contributed by atoms with Gasteiger partial charge in [-0.15, -0.1) is 0 Å². The second-order valence-corrected chi connectivity index (χ2v) is 4.83. The van der Waals surface area contributed by atoms with Crippen molar-refractivity contribution in [2.45, 2.75) is 40.0 Å². The predicted octanol–water partition coefficient (Wildman–Crippen LogP) is 3.22. The molecule has 0 saturated heterocycles. The molecule has 0 radical (unpaired) electrons. The Bertz CT molecular complexity index is 529. The van der Waals surface area contributed by atoms with Crippen LogP contribution >= 0.6 is 0 Å². The molecule has 1 aromatic heterocycles. The lowest BCUT2D eigenvalue weighted by atomic mass is 10.1. The number of hydrogen-bond donors (Lipinski definition) is 1. The second kappa shape index (κ2) is 5.55. The second-order valence-electron chi connectivity index (χ2n) is 4.83. The summed E-state index contributed by atoms with van der Waals surface area (Å²) in [5.74, 6) is 0. The first-order chi connectivity index (χ1) is 8.67. The van der Waals surface area contributed by atoms with Gasteiger partial charge in [0.15, 0.2) is 0 Å². The van der Waals surface area contributed by atoms with Gasteiger partial charge in [0, 0.05) is 30.4 Å². The molecule has 18 heavy (non-hydrogen) atoms. The van der Waals surface area contributed by atoms with Crippen LogP contribution in [0.15, 0.2) is 24.3 Å². The summed E-state index contributed by atoms with van der Waals surface area (Å²) >= 11 is 0. The van der Waals surface area contributed by atoms with Crippen molar-refractivity contribution < 1.29 is 4.74 Å².